The van der Waals surface area contributed by atoms with Gasteiger partial charge in [-0.1, -0.05) is 23.2 Å². The number of piperidine rings is 1. The normalized spacial score (nSPS) is 18.1. The van der Waals surface area contributed by atoms with Crippen LogP contribution in [-0.2, 0) is 27.5 Å². The molecule has 1 aromatic carbocycles. The number of fused-ring (bicyclic) bond motifs is 1. The molecule has 31 heavy (non-hydrogen) atoms. The third-order valence-electron chi connectivity index (χ3n) is 5.18. The number of amides is 4. The number of nitrogens with zero attached hydrogens (tertiary/aromatic N) is 1. The van der Waals surface area contributed by atoms with Crippen molar-refractivity contribution >= 4 is 64.0 Å². The summed E-state index contributed by atoms with van der Waals surface area (Å²) >= 11 is 13.0. The van der Waals surface area contributed by atoms with E-state index in [1.807, 2.05) is 0 Å². The monoisotopic (exact) mass is 479 g/mol. The molecule has 8 nitrogen and oxygen atoms in total. The molecule has 4 amide bonds. The van der Waals surface area contributed by atoms with E-state index in [4.69, 9.17) is 23.2 Å². The fraction of sp³-hybridized carbons (Fsp3) is 0.250. The average molecular weight is 480 g/mol. The minimum Gasteiger partial charge on any atom is -0.344 e. The highest BCUT2D eigenvalue weighted by atomic mass is 35.5. The van der Waals surface area contributed by atoms with Crippen LogP contribution >= 0.6 is 34.5 Å². The Bertz CT molecular complexity index is 1150. The molecule has 4 rings (SSSR count). The maximum Gasteiger partial charge on any atom is 0.292 e. The van der Waals surface area contributed by atoms with Crippen LogP contribution in [0, 0.1) is 0 Å². The van der Waals surface area contributed by atoms with E-state index in [9.17, 15) is 24.0 Å². The van der Waals surface area contributed by atoms with Crippen LogP contribution in [0.4, 0.5) is 0 Å². The lowest BCUT2D eigenvalue weighted by molar-refractivity contribution is -0.136. The van der Waals surface area contributed by atoms with Crippen LogP contribution in [-0.4, -0.2) is 40.4 Å². The molecule has 1 atom stereocenters. The summed E-state index contributed by atoms with van der Waals surface area (Å²) in [6, 6.07) is 3.47. The van der Waals surface area contributed by atoms with E-state index in [0.29, 0.717) is 16.0 Å². The summed E-state index contributed by atoms with van der Waals surface area (Å²) in [4.78, 5) is 63.0. The summed E-state index contributed by atoms with van der Waals surface area (Å²) in [7, 11) is 0. The van der Waals surface area contributed by atoms with Crippen LogP contribution in [0.5, 0.6) is 0 Å². The highest BCUT2D eigenvalue weighted by Crippen LogP contribution is 2.33. The number of hydrogen-bond donors (Lipinski definition) is 2. The first kappa shape index (κ1) is 21.5. The number of rotatable bonds is 5. The van der Waals surface area contributed by atoms with Gasteiger partial charge in [0.25, 0.3) is 11.8 Å². The lowest BCUT2D eigenvalue weighted by Crippen LogP contribution is -2.52. The van der Waals surface area contributed by atoms with Crippen molar-refractivity contribution in [2.75, 3.05) is 0 Å². The average Bonchev–Trinajstić information content (AvgIpc) is 3.28. The number of halogens is 2. The van der Waals surface area contributed by atoms with E-state index < -0.39 is 23.6 Å². The van der Waals surface area contributed by atoms with Gasteiger partial charge in [0.2, 0.25) is 17.6 Å². The number of hydrogen-bond acceptors (Lipinski definition) is 6. The molecule has 11 heteroatoms. The molecular formula is C20H15Cl2N3O5S. The number of imide groups is 1. The summed E-state index contributed by atoms with van der Waals surface area (Å²) in [6.07, 6.45) is 0.446. The quantitative estimate of drug-likeness (QED) is 0.388. The van der Waals surface area contributed by atoms with E-state index in [1.165, 1.54) is 34.4 Å². The first-order chi connectivity index (χ1) is 14.8. The molecule has 0 bridgehead atoms. The summed E-state index contributed by atoms with van der Waals surface area (Å²) < 4.78 is 0. The van der Waals surface area contributed by atoms with Crippen molar-refractivity contribution in [3.8, 4) is 0 Å². The van der Waals surface area contributed by atoms with E-state index in [2.05, 4.69) is 10.6 Å². The maximum absolute atomic E-state index is 12.7. The van der Waals surface area contributed by atoms with Gasteiger partial charge in [0.1, 0.15) is 6.04 Å². The molecule has 0 radical (unpaired) electrons. The summed E-state index contributed by atoms with van der Waals surface area (Å²) in [5.74, 6) is -2.69. The van der Waals surface area contributed by atoms with Crippen LogP contribution in [0.1, 0.15) is 44.0 Å². The highest BCUT2D eigenvalue weighted by molar-refractivity contribution is 7.10. The molecule has 1 fully saturated rings. The standard InChI is InChI=1S/C20H15Cl2N3O5S/c21-12-2-1-9(5-13(12)22)17(27)19(29)23-6-15-10-7-25(20(30)11(10)8-31-15)14-3-4-16(26)24-18(14)28/h1-2,5,8,14H,3-4,6-7H2,(H,23,29)(H,24,26,28). The van der Waals surface area contributed by atoms with Crippen molar-refractivity contribution in [2.24, 2.45) is 0 Å². The van der Waals surface area contributed by atoms with Gasteiger partial charge in [-0.2, -0.15) is 0 Å². The first-order valence-corrected chi connectivity index (χ1v) is 10.9. The van der Waals surface area contributed by atoms with Crippen molar-refractivity contribution in [1.82, 2.24) is 15.5 Å². The number of benzene rings is 1. The first-order valence-electron chi connectivity index (χ1n) is 9.27. The second-order valence-electron chi connectivity index (χ2n) is 7.09. The molecule has 2 aliphatic heterocycles. The summed E-state index contributed by atoms with van der Waals surface area (Å²) in [5.41, 5.74) is 1.29. The van der Waals surface area contributed by atoms with Crippen LogP contribution in [0.15, 0.2) is 23.6 Å². The Morgan fingerprint density at radius 2 is 1.97 bits per heavy atom. The molecule has 2 N–H and O–H groups in total. The van der Waals surface area contributed by atoms with E-state index >= 15 is 0 Å². The van der Waals surface area contributed by atoms with Crippen molar-refractivity contribution in [1.29, 1.82) is 0 Å². The van der Waals surface area contributed by atoms with E-state index in [1.54, 1.807) is 5.38 Å². The van der Waals surface area contributed by atoms with Gasteiger partial charge >= 0.3 is 0 Å². The molecule has 1 aromatic heterocycles. The molecule has 1 saturated heterocycles. The molecule has 0 spiro atoms. The van der Waals surface area contributed by atoms with Gasteiger partial charge in [0.15, 0.2) is 0 Å². The molecule has 1 unspecified atom stereocenters. The molecule has 0 saturated carbocycles. The zero-order chi connectivity index (χ0) is 22.3. The van der Waals surface area contributed by atoms with E-state index in [0.717, 1.165) is 0 Å². The van der Waals surface area contributed by atoms with Gasteiger partial charge in [-0.05, 0) is 30.2 Å². The smallest absolute Gasteiger partial charge is 0.292 e. The predicted octanol–water partition coefficient (Wildman–Crippen LogP) is 2.31. The van der Waals surface area contributed by atoms with Gasteiger partial charge in [-0.3, -0.25) is 29.3 Å². The second kappa shape index (κ2) is 8.41. The van der Waals surface area contributed by atoms with E-state index in [-0.39, 0.29) is 53.4 Å². The number of carbonyl (C=O) groups excluding carboxylic acids is 5. The second-order valence-corrected chi connectivity index (χ2v) is 8.87. The Balaban J connectivity index is 1.43. The Morgan fingerprint density at radius 3 is 2.68 bits per heavy atom. The lowest BCUT2D eigenvalue weighted by Gasteiger charge is -2.29. The van der Waals surface area contributed by atoms with Gasteiger partial charge in [0.05, 0.1) is 22.2 Å². The van der Waals surface area contributed by atoms with Crippen LogP contribution in [0.2, 0.25) is 10.0 Å². The molecule has 0 aliphatic carbocycles. The Morgan fingerprint density at radius 1 is 1.19 bits per heavy atom. The fourth-order valence-electron chi connectivity index (χ4n) is 3.56. The van der Waals surface area contributed by atoms with Crippen LogP contribution in [0.3, 0.4) is 0 Å². The molecule has 2 aliphatic rings. The molecular weight excluding hydrogens is 465 g/mol. The third-order valence-corrected chi connectivity index (χ3v) is 6.95. The Kier molecular flexibility index (Phi) is 5.83. The molecule has 3 heterocycles. The van der Waals surface area contributed by atoms with Crippen molar-refractivity contribution < 1.29 is 24.0 Å². The topological polar surface area (TPSA) is 113 Å². The van der Waals surface area contributed by atoms with Gasteiger partial charge in [-0.15, -0.1) is 11.3 Å². The molecule has 160 valence electrons. The van der Waals surface area contributed by atoms with Gasteiger partial charge in [-0.25, -0.2) is 0 Å². The van der Waals surface area contributed by atoms with Gasteiger partial charge < -0.3 is 10.2 Å². The van der Waals surface area contributed by atoms with Crippen LogP contribution < -0.4 is 10.6 Å². The van der Waals surface area contributed by atoms with Crippen molar-refractivity contribution in [3.05, 3.63) is 55.2 Å². The molecule has 2 aromatic rings. The maximum atomic E-state index is 12.7. The SMILES string of the molecule is O=C1CCC(N2Cc3c(csc3CNC(=O)C(=O)c3ccc(Cl)c(Cl)c3)C2=O)C(=O)N1. The number of ketones is 1. The minimum absolute atomic E-state index is 0.0579. The zero-order valence-corrected chi connectivity index (χ0v) is 18.2. The van der Waals surface area contributed by atoms with Gasteiger partial charge in [0, 0.05) is 28.8 Å². The highest BCUT2D eigenvalue weighted by Gasteiger charge is 2.40. The Hall–Kier alpha value is -2.75. The Labute approximate surface area is 190 Å². The summed E-state index contributed by atoms with van der Waals surface area (Å²) in [6.45, 7) is 0.262. The number of nitrogens with one attached hydrogen (secondary N) is 2. The number of carbonyl (C=O) groups is 5. The number of Topliss-reactive ketones (excluding diaryl/α,β-unsaturated/α-hetero) is 1. The largest absolute Gasteiger partial charge is 0.344 e. The van der Waals surface area contributed by atoms with Crippen LogP contribution in [0.25, 0.3) is 0 Å². The third kappa shape index (κ3) is 4.08. The lowest BCUT2D eigenvalue weighted by atomic mass is 10.0. The summed E-state index contributed by atoms with van der Waals surface area (Å²) in [5, 5.41) is 6.94. The van der Waals surface area contributed by atoms with Crippen molar-refractivity contribution in [3.63, 3.8) is 0 Å². The van der Waals surface area contributed by atoms with Crippen molar-refractivity contribution in [2.45, 2.75) is 32.0 Å². The zero-order valence-electron chi connectivity index (χ0n) is 15.9. The minimum atomic E-state index is -0.813. The predicted molar refractivity (Wildman–Crippen MR) is 113 cm³/mol. The fourth-order valence-corrected chi connectivity index (χ4v) is 4.83. The number of thiophene rings is 1.